The Hall–Kier alpha value is -3.57. The van der Waals surface area contributed by atoms with Gasteiger partial charge in [-0.2, -0.15) is 0 Å². The van der Waals surface area contributed by atoms with E-state index in [4.69, 9.17) is 0 Å². The smallest absolute Gasteiger partial charge is 0.240 e. The topological polar surface area (TPSA) is 138 Å². The van der Waals surface area contributed by atoms with Crippen molar-refractivity contribution in [3.05, 3.63) is 60.0 Å². The van der Waals surface area contributed by atoms with E-state index in [1.165, 1.54) is 6.07 Å². The number of aromatic nitrogens is 3. The first-order chi connectivity index (χ1) is 15.4. The molecule has 0 spiro atoms. The number of pyridine rings is 1. The molecule has 3 heterocycles. The van der Waals surface area contributed by atoms with Gasteiger partial charge in [0.2, 0.25) is 15.9 Å². The molecule has 4 N–H and O–H groups in total. The highest BCUT2D eigenvalue weighted by atomic mass is 32.2. The first-order valence-electron chi connectivity index (χ1n) is 10.1. The minimum Gasteiger partial charge on any atom is -0.369 e. The zero-order valence-electron chi connectivity index (χ0n) is 17.4. The zero-order chi connectivity index (χ0) is 22.6. The Morgan fingerprint density at radius 2 is 1.84 bits per heavy atom. The van der Waals surface area contributed by atoms with Crippen molar-refractivity contribution < 1.29 is 13.2 Å². The molecule has 4 rings (SSSR count). The van der Waals surface area contributed by atoms with Gasteiger partial charge in [0.15, 0.2) is 0 Å². The largest absolute Gasteiger partial charge is 0.369 e. The summed E-state index contributed by atoms with van der Waals surface area (Å²) in [6, 6.07) is 12.0. The van der Waals surface area contributed by atoms with Gasteiger partial charge in [-0.3, -0.25) is 4.79 Å². The van der Waals surface area contributed by atoms with E-state index >= 15 is 0 Å². The van der Waals surface area contributed by atoms with Crippen LogP contribution >= 0.6 is 0 Å². The third-order valence-electron chi connectivity index (χ3n) is 4.76. The second-order valence-electron chi connectivity index (χ2n) is 7.22. The monoisotopic (exact) mass is 453 g/mol. The second kappa shape index (κ2) is 9.28. The molecule has 0 bridgehead atoms. The molecule has 10 nitrogen and oxygen atoms in total. The standard InChI is InChI=1S/C21H23N7O3S/c1-14-25-19(13-20(26-14)28-18-4-2-3-9-22-18)23-10-11-24-32(30,31)16-6-7-17-15(12-16)5-8-21(29)27-17/h2-4,6-7,9,12-13,24H,5,8,10-11H2,1H3,(H,27,29)(H2,22,23,25,26,28). The van der Waals surface area contributed by atoms with Crippen molar-refractivity contribution in [2.45, 2.75) is 24.7 Å². The van der Waals surface area contributed by atoms with Crippen molar-refractivity contribution in [1.82, 2.24) is 19.7 Å². The number of carbonyl (C=O) groups excluding carboxylic acids is 1. The van der Waals surface area contributed by atoms with Crippen molar-refractivity contribution in [3.8, 4) is 0 Å². The van der Waals surface area contributed by atoms with Gasteiger partial charge < -0.3 is 16.0 Å². The van der Waals surface area contributed by atoms with Crippen LogP contribution in [-0.4, -0.2) is 42.4 Å². The molecule has 0 saturated heterocycles. The Morgan fingerprint density at radius 3 is 2.66 bits per heavy atom. The Labute approximate surface area is 186 Å². The molecule has 1 aliphatic heterocycles. The molecule has 0 aliphatic carbocycles. The normalized spacial score (nSPS) is 13.2. The molecule has 11 heteroatoms. The Morgan fingerprint density at radius 1 is 1.00 bits per heavy atom. The number of nitrogens with one attached hydrogen (secondary N) is 4. The fourth-order valence-electron chi connectivity index (χ4n) is 3.28. The van der Waals surface area contributed by atoms with E-state index in [9.17, 15) is 13.2 Å². The van der Waals surface area contributed by atoms with Crippen LogP contribution in [0.1, 0.15) is 17.8 Å². The van der Waals surface area contributed by atoms with Crippen LogP contribution in [0.2, 0.25) is 0 Å². The summed E-state index contributed by atoms with van der Waals surface area (Å²) >= 11 is 0. The number of fused-ring (bicyclic) bond motifs is 1. The molecule has 32 heavy (non-hydrogen) atoms. The number of hydrogen-bond acceptors (Lipinski definition) is 8. The summed E-state index contributed by atoms with van der Waals surface area (Å²) in [6.07, 6.45) is 2.55. The highest BCUT2D eigenvalue weighted by molar-refractivity contribution is 7.89. The molecule has 1 amide bonds. The number of nitrogens with zero attached hydrogens (tertiary/aromatic N) is 3. The number of benzene rings is 1. The van der Waals surface area contributed by atoms with Crippen LogP contribution in [0, 0.1) is 6.92 Å². The van der Waals surface area contributed by atoms with Gasteiger partial charge in [0.25, 0.3) is 0 Å². The molecule has 0 saturated carbocycles. The van der Waals surface area contributed by atoms with Crippen LogP contribution in [-0.2, 0) is 21.2 Å². The van der Waals surface area contributed by atoms with Crippen LogP contribution in [0.25, 0.3) is 0 Å². The lowest BCUT2D eigenvalue weighted by atomic mass is 10.0. The Kier molecular flexibility index (Phi) is 6.28. The molecule has 3 aromatic rings. The van der Waals surface area contributed by atoms with Crippen molar-refractivity contribution >= 4 is 39.1 Å². The van der Waals surface area contributed by atoms with Crippen molar-refractivity contribution in [2.75, 3.05) is 29.0 Å². The van der Waals surface area contributed by atoms with E-state index in [0.29, 0.717) is 48.4 Å². The van der Waals surface area contributed by atoms with Gasteiger partial charge in [0.1, 0.15) is 23.3 Å². The SMILES string of the molecule is Cc1nc(NCCNS(=O)(=O)c2ccc3c(c2)CCC(=O)N3)cc(Nc2ccccn2)n1. The summed E-state index contributed by atoms with van der Waals surface area (Å²) in [5.74, 6) is 2.32. The third-order valence-corrected chi connectivity index (χ3v) is 6.22. The van der Waals surface area contributed by atoms with Gasteiger partial charge in [-0.05, 0) is 49.2 Å². The predicted octanol–water partition coefficient (Wildman–Crippen LogP) is 2.20. The van der Waals surface area contributed by atoms with Crippen molar-refractivity contribution in [3.63, 3.8) is 0 Å². The van der Waals surface area contributed by atoms with Crippen LogP contribution < -0.4 is 20.7 Å². The predicted molar refractivity (Wildman–Crippen MR) is 121 cm³/mol. The zero-order valence-corrected chi connectivity index (χ0v) is 18.2. The number of sulfonamides is 1. The number of anilines is 4. The number of aryl methyl sites for hydroxylation is 2. The molecular weight excluding hydrogens is 430 g/mol. The van der Waals surface area contributed by atoms with Gasteiger partial charge in [-0.25, -0.2) is 28.1 Å². The quantitative estimate of drug-likeness (QED) is 0.381. The molecule has 0 radical (unpaired) electrons. The average molecular weight is 454 g/mol. The second-order valence-corrected chi connectivity index (χ2v) is 8.98. The van der Waals surface area contributed by atoms with Gasteiger partial charge in [-0.15, -0.1) is 0 Å². The molecule has 166 valence electrons. The lowest BCUT2D eigenvalue weighted by Gasteiger charge is -2.17. The Bertz CT molecular complexity index is 1230. The molecule has 1 aliphatic rings. The first kappa shape index (κ1) is 21.7. The lowest BCUT2D eigenvalue weighted by molar-refractivity contribution is -0.116. The molecular formula is C21H23N7O3S. The summed E-state index contributed by atoms with van der Waals surface area (Å²) in [7, 11) is -3.67. The summed E-state index contributed by atoms with van der Waals surface area (Å²) in [6.45, 7) is 2.28. The lowest BCUT2D eigenvalue weighted by Crippen LogP contribution is -2.29. The average Bonchev–Trinajstić information content (AvgIpc) is 2.76. The maximum absolute atomic E-state index is 12.6. The van der Waals surface area contributed by atoms with E-state index in [1.54, 1.807) is 31.3 Å². The van der Waals surface area contributed by atoms with E-state index in [1.807, 2.05) is 18.2 Å². The number of rotatable bonds is 8. The van der Waals surface area contributed by atoms with E-state index in [-0.39, 0.29) is 17.3 Å². The maximum atomic E-state index is 12.6. The maximum Gasteiger partial charge on any atom is 0.240 e. The Balaban J connectivity index is 1.34. The summed E-state index contributed by atoms with van der Waals surface area (Å²) in [4.78, 5) is 24.5. The van der Waals surface area contributed by atoms with Crippen LogP contribution in [0.4, 0.5) is 23.1 Å². The van der Waals surface area contributed by atoms with Crippen molar-refractivity contribution in [2.24, 2.45) is 0 Å². The summed E-state index contributed by atoms with van der Waals surface area (Å²) in [5, 5.41) is 8.96. The minimum atomic E-state index is -3.67. The fourth-order valence-corrected chi connectivity index (χ4v) is 4.36. The van der Waals surface area contributed by atoms with Crippen LogP contribution in [0.3, 0.4) is 0 Å². The van der Waals surface area contributed by atoms with Crippen LogP contribution in [0.15, 0.2) is 53.6 Å². The molecule has 1 aromatic carbocycles. The van der Waals surface area contributed by atoms with E-state index in [2.05, 4.69) is 35.6 Å². The highest BCUT2D eigenvalue weighted by Gasteiger charge is 2.19. The van der Waals surface area contributed by atoms with Crippen molar-refractivity contribution in [1.29, 1.82) is 0 Å². The fraction of sp³-hybridized carbons (Fsp3) is 0.238. The number of carbonyl (C=O) groups is 1. The third kappa shape index (κ3) is 5.37. The molecule has 0 fully saturated rings. The summed E-state index contributed by atoms with van der Waals surface area (Å²) in [5.41, 5.74) is 1.48. The van der Waals surface area contributed by atoms with Gasteiger partial charge in [0.05, 0.1) is 4.90 Å². The van der Waals surface area contributed by atoms with E-state index < -0.39 is 10.0 Å². The molecule has 0 unspecified atom stereocenters. The minimum absolute atomic E-state index is 0.0596. The van der Waals surface area contributed by atoms with E-state index in [0.717, 1.165) is 5.56 Å². The molecule has 0 atom stereocenters. The number of hydrogen-bond donors (Lipinski definition) is 4. The number of amides is 1. The summed E-state index contributed by atoms with van der Waals surface area (Å²) < 4.78 is 27.9. The molecule has 2 aromatic heterocycles. The van der Waals surface area contributed by atoms with Crippen LogP contribution in [0.5, 0.6) is 0 Å². The van der Waals surface area contributed by atoms with Gasteiger partial charge in [-0.1, -0.05) is 6.07 Å². The highest BCUT2D eigenvalue weighted by Crippen LogP contribution is 2.25. The first-order valence-corrected chi connectivity index (χ1v) is 11.6. The van der Waals surface area contributed by atoms with Gasteiger partial charge in [0, 0.05) is 37.5 Å². The van der Waals surface area contributed by atoms with Gasteiger partial charge >= 0.3 is 0 Å².